The summed E-state index contributed by atoms with van der Waals surface area (Å²) in [4.78, 5) is 4.25. The van der Waals surface area contributed by atoms with Gasteiger partial charge in [-0.05, 0) is 28.9 Å². The van der Waals surface area contributed by atoms with E-state index in [1.54, 1.807) is 18.2 Å². The van der Waals surface area contributed by atoms with E-state index in [4.69, 9.17) is 0 Å². The van der Waals surface area contributed by atoms with E-state index in [9.17, 15) is 9.50 Å². The lowest BCUT2D eigenvalue weighted by Crippen LogP contribution is -2.05. The molecule has 0 spiro atoms. The highest BCUT2D eigenvalue weighted by atomic mass is 79.9. The molecule has 0 amide bonds. The number of hydrogen-bond acceptors (Lipinski definition) is 3. The molecule has 2 nitrogen and oxygen atoms in total. The van der Waals surface area contributed by atoms with Gasteiger partial charge in [0.05, 0.1) is 21.3 Å². The Morgan fingerprint density at radius 1 is 1.53 bits per heavy atom. The maximum atomic E-state index is 13.7. The van der Waals surface area contributed by atoms with Gasteiger partial charge in [-0.25, -0.2) is 9.37 Å². The Morgan fingerprint density at radius 2 is 2.29 bits per heavy atom. The molecular formula is C12H11BrFNOS. The topological polar surface area (TPSA) is 33.1 Å². The normalized spacial score (nSPS) is 12.7. The number of halogens is 2. The average molecular weight is 316 g/mol. The lowest BCUT2D eigenvalue weighted by Gasteiger charge is -2.11. The second-order valence-electron chi connectivity index (χ2n) is 3.72. The Labute approximate surface area is 111 Å². The maximum absolute atomic E-state index is 13.7. The molecule has 1 unspecified atom stereocenters. The van der Waals surface area contributed by atoms with Crippen molar-refractivity contribution in [3.05, 3.63) is 50.1 Å². The summed E-state index contributed by atoms with van der Waals surface area (Å²) in [6.07, 6.45) is -0.536. The summed E-state index contributed by atoms with van der Waals surface area (Å²) in [7, 11) is 0. The summed E-state index contributed by atoms with van der Waals surface area (Å²) >= 11 is 4.63. The van der Waals surface area contributed by atoms with Crippen LogP contribution in [0, 0.1) is 12.7 Å². The first-order valence-corrected chi connectivity index (χ1v) is 6.78. The molecule has 0 bridgehead atoms. The molecular weight excluding hydrogens is 305 g/mol. The van der Waals surface area contributed by atoms with E-state index in [2.05, 4.69) is 20.9 Å². The first kappa shape index (κ1) is 12.7. The first-order valence-electron chi connectivity index (χ1n) is 5.11. The molecule has 2 rings (SSSR count). The summed E-state index contributed by atoms with van der Waals surface area (Å²) < 4.78 is 14.1. The van der Waals surface area contributed by atoms with E-state index in [1.165, 1.54) is 11.3 Å². The molecule has 17 heavy (non-hydrogen) atoms. The molecule has 0 saturated carbocycles. The van der Waals surface area contributed by atoms with Gasteiger partial charge in [-0.1, -0.05) is 12.1 Å². The predicted molar refractivity (Wildman–Crippen MR) is 69.6 cm³/mol. The van der Waals surface area contributed by atoms with Crippen molar-refractivity contribution in [2.75, 3.05) is 0 Å². The molecule has 1 heterocycles. The molecule has 1 N–H and O–H groups in total. The highest BCUT2D eigenvalue weighted by Gasteiger charge is 2.16. The number of aliphatic hydroxyl groups excluding tert-OH is 1. The number of nitrogens with zero attached hydrogens (tertiary/aromatic N) is 1. The van der Waals surface area contributed by atoms with Gasteiger partial charge in [-0.2, -0.15) is 0 Å². The molecule has 1 atom stereocenters. The highest BCUT2D eigenvalue weighted by molar-refractivity contribution is 9.10. The van der Waals surface area contributed by atoms with Crippen molar-refractivity contribution in [3.8, 4) is 0 Å². The Balaban J connectivity index is 2.20. The summed E-state index contributed by atoms with van der Waals surface area (Å²) in [6, 6.07) is 4.90. The Kier molecular flexibility index (Phi) is 3.91. The molecule has 0 aliphatic heterocycles. The number of aromatic nitrogens is 1. The second-order valence-corrected chi connectivity index (χ2v) is 5.64. The van der Waals surface area contributed by atoms with Crippen molar-refractivity contribution in [2.24, 2.45) is 0 Å². The Morgan fingerprint density at radius 3 is 2.94 bits per heavy atom. The maximum Gasteiger partial charge on any atom is 0.143 e. The van der Waals surface area contributed by atoms with Gasteiger partial charge in [-0.3, -0.25) is 0 Å². The number of rotatable bonds is 3. The molecule has 0 saturated heterocycles. The smallest absolute Gasteiger partial charge is 0.143 e. The Bertz CT molecular complexity index is 529. The van der Waals surface area contributed by atoms with Crippen LogP contribution in [0.4, 0.5) is 4.39 Å². The van der Waals surface area contributed by atoms with E-state index in [-0.39, 0.29) is 0 Å². The molecule has 0 fully saturated rings. The molecule has 90 valence electrons. The number of benzene rings is 1. The van der Waals surface area contributed by atoms with E-state index < -0.39 is 11.9 Å². The van der Waals surface area contributed by atoms with E-state index >= 15 is 0 Å². The van der Waals surface area contributed by atoms with Crippen LogP contribution >= 0.6 is 27.3 Å². The van der Waals surface area contributed by atoms with Crippen molar-refractivity contribution in [3.63, 3.8) is 0 Å². The van der Waals surface area contributed by atoms with Crippen LogP contribution in [-0.4, -0.2) is 10.1 Å². The van der Waals surface area contributed by atoms with Gasteiger partial charge in [0.1, 0.15) is 5.82 Å². The van der Waals surface area contributed by atoms with E-state index in [0.717, 1.165) is 10.7 Å². The molecule has 1 aromatic carbocycles. The zero-order valence-electron chi connectivity index (χ0n) is 9.15. The lowest BCUT2D eigenvalue weighted by molar-refractivity contribution is 0.172. The molecule has 0 aliphatic rings. The lowest BCUT2D eigenvalue weighted by atomic mass is 10.0. The van der Waals surface area contributed by atoms with Gasteiger partial charge in [0.2, 0.25) is 0 Å². The van der Waals surface area contributed by atoms with E-state index in [0.29, 0.717) is 16.5 Å². The first-order chi connectivity index (χ1) is 8.08. The standard InChI is InChI=1S/C12H11BrFNOS/c1-7-15-8(6-17-7)5-11(16)9-3-2-4-10(13)12(9)14/h2-4,6,11,16H,5H2,1H3. The van der Waals surface area contributed by atoms with Crippen molar-refractivity contribution in [1.29, 1.82) is 0 Å². The largest absolute Gasteiger partial charge is 0.388 e. The number of thiazole rings is 1. The molecule has 5 heteroatoms. The van der Waals surface area contributed by atoms with Crippen LogP contribution in [-0.2, 0) is 6.42 Å². The van der Waals surface area contributed by atoms with Gasteiger partial charge in [0, 0.05) is 17.4 Å². The van der Waals surface area contributed by atoms with Crippen LogP contribution < -0.4 is 0 Å². The van der Waals surface area contributed by atoms with Gasteiger partial charge in [0.25, 0.3) is 0 Å². The third-order valence-electron chi connectivity index (χ3n) is 2.41. The molecule has 2 aromatic rings. The Hall–Kier alpha value is -0.780. The van der Waals surface area contributed by atoms with Crippen LogP contribution in [0.15, 0.2) is 28.1 Å². The summed E-state index contributed by atoms with van der Waals surface area (Å²) in [5.41, 5.74) is 1.09. The SMILES string of the molecule is Cc1nc(CC(O)c2cccc(Br)c2F)cs1. The summed E-state index contributed by atoms with van der Waals surface area (Å²) in [6.45, 7) is 1.90. The van der Waals surface area contributed by atoms with Gasteiger partial charge in [0.15, 0.2) is 0 Å². The van der Waals surface area contributed by atoms with Gasteiger partial charge >= 0.3 is 0 Å². The minimum Gasteiger partial charge on any atom is -0.388 e. The third kappa shape index (κ3) is 2.91. The van der Waals surface area contributed by atoms with Gasteiger partial charge in [-0.15, -0.1) is 11.3 Å². The zero-order valence-corrected chi connectivity index (χ0v) is 11.6. The zero-order chi connectivity index (χ0) is 12.4. The van der Waals surface area contributed by atoms with Crippen LogP contribution in [0.1, 0.15) is 22.4 Å². The third-order valence-corrected chi connectivity index (χ3v) is 3.84. The number of aliphatic hydroxyl groups is 1. The monoisotopic (exact) mass is 315 g/mol. The van der Waals surface area contributed by atoms with Crippen LogP contribution in [0.25, 0.3) is 0 Å². The number of hydrogen-bond donors (Lipinski definition) is 1. The fraction of sp³-hybridized carbons (Fsp3) is 0.250. The molecule has 0 aliphatic carbocycles. The average Bonchev–Trinajstić information content (AvgIpc) is 2.68. The van der Waals surface area contributed by atoms with Crippen molar-refractivity contribution < 1.29 is 9.50 Å². The van der Waals surface area contributed by atoms with Crippen LogP contribution in [0.5, 0.6) is 0 Å². The molecule has 0 radical (unpaired) electrons. The van der Waals surface area contributed by atoms with E-state index in [1.807, 2.05) is 12.3 Å². The van der Waals surface area contributed by atoms with Crippen molar-refractivity contribution in [1.82, 2.24) is 4.98 Å². The quantitative estimate of drug-likeness (QED) is 0.938. The van der Waals surface area contributed by atoms with Crippen LogP contribution in [0.2, 0.25) is 0 Å². The van der Waals surface area contributed by atoms with Crippen molar-refractivity contribution in [2.45, 2.75) is 19.4 Å². The summed E-state index contributed by atoms with van der Waals surface area (Å²) in [5, 5.41) is 12.8. The number of aryl methyl sites for hydroxylation is 1. The highest BCUT2D eigenvalue weighted by Crippen LogP contribution is 2.26. The van der Waals surface area contributed by atoms with Crippen molar-refractivity contribution >= 4 is 27.3 Å². The van der Waals surface area contributed by atoms with Crippen LogP contribution in [0.3, 0.4) is 0 Å². The minimum atomic E-state index is -0.867. The fourth-order valence-corrected chi connectivity index (χ4v) is 2.59. The second kappa shape index (κ2) is 5.25. The minimum absolute atomic E-state index is 0.296. The predicted octanol–water partition coefficient (Wildman–Crippen LogP) is 3.63. The van der Waals surface area contributed by atoms with Gasteiger partial charge < -0.3 is 5.11 Å². The molecule has 1 aromatic heterocycles. The fourth-order valence-electron chi connectivity index (χ4n) is 1.59. The summed E-state index contributed by atoms with van der Waals surface area (Å²) in [5.74, 6) is -0.410.